The largest absolute Gasteiger partial charge is 0.356 e. The highest BCUT2D eigenvalue weighted by atomic mass is 16.2. The van der Waals surface area contributed by atoms with Crippen molar-refractivity contribution in [3.63, 3.8) is 0 Å². The summed E-state index contributed by atoms with van der Waals surface area (Å²) in [7, 11) is 1.74. The summed E-state index contributed by atoms with van der Waals surface area (Å²) >= 11 is 0. The molecule has 5 heteroatoms. The minimum absolute atomic E-state index is 0.0427. The second-order valence-electron chi connectivity index (χ2n) is 6.87. The molecule has 1 aromatic rings. The van der Waals surface area contributed by atoms with E-state index in [-0.39, 0.29) is 5.91 Å². The molecule has 24 heavy (non-hydrogen) atoms. The molecule has 0 spiro atoms. The quantitative estimate of drug-likeness (QED) is 0.531. The number of aliphatic imine (C=N–C) groups is 1. The molecule has 0 aliphatic rings. The maximum atomic E-state index is 12.0. The maximum absolute atomic E-state index is 12.0. The molecule has 0 saturated heterocycles. The molecule has 1 atom stereocenters. The van der Waals surface area contributed by atoms with Gasteiger partial charge in [-0.05, 0) is 39.2 Å². The van der Waals surface area contributed by atoms with Crippen LogP contribution in [0.1, 0.15) is 44.7 Å². The predicted molar refractivity (Wildman–Crippen MR) is 101 cm³/mol. The van der Waals surface area contributed by atoms with E-state index >= 15 is 0 Å². The number of nitrogens with zero attached hydrogens (tertiary/aromatic N) is 1. The van der Waals surface area contributed by atoms with E-state index in [1.54, 1.807) is 7.05 Å². The van der Waals surface area contributed by atoms with Gasteiger partial charge in [0.05, 0.1) is 5.41 Å². The van der Waals surface area contributed by atoms with Gasteiger partial charge in [0.15, 0.2) is 5.96 Å². The highest BCUT2D eigenvalue weighted by Crippen LogP contribution is 2.16. The third kappa shape index (κ3) is 6.22. The molecular weight excluding hydrogens is 300 g/mol. The second kappa shape index (κ2) is 9.30. The fourth-order valence-electron chi connectivity index (χ4n) is 2.35. The van der Waals surface area contributed by atoms with Crippen LogP contribution in [0.4, 0.5) is 0 Å². The van der Waals surface area contributed by atoms with Crippen molar-refractivity contribution in [1.82, 2.24) is 16.0 Å². The average Bonchev–Trinajstić information content (AvgIpc) is 2.55. The summed E-state index contributed by atoms with van der Waals surface area (Å²) in [6.45, 7) is 12.0. The molecular formula is C19H32N4O. The van der Waals surface area contributed by atoms with Gasteiger partial charge in [-0.2, -0.15) is 0 Å². The summed E-state index contributed by atoms with van der Waals surface area (Å²) in [6.07, 6.45) is 0. The highest BCUT2D eigenvalue weighted by Gasteiger charge is 2.27. The Balaban J connectivity index is 2.52. The van der Waals surface area contributed by atoms with Gasteiger partial charge in [0.2, 0.25) is 5.91 Å². The first kappa shape index (κ1) is 20.0. The number of guanidine groups is 1. The Morgan fingerprint density at radius 1 is 1.25 bits per heavy atom. The lowest BCUT2D eigenvalue weighted by Crippen LogP contribution is -2.48. The van der Waals surface area contributed by atoms with E-state index in [0.717, 1.165) is 6.54 Å². The molecule has 0 aromatic heterocycles. The third-order valence-corrected chi connectivity index (χ3v) is 4.06. The summed E-state index contributed by atoms with van der Waals surface area (Å²) in [6, 6.07) is 8.55. The van der Waals surface area contributed by atoms with Gasteiger partial charge >= 0.3 is 0 Å². The fraction of sp³-hybridized carbons (Fsp3) is 0.579. The van der Waals surface area contributed by atoms with Crippen LogP contribution in [0.25, 0.3) is 0 Å². The standard InChI is InChI=1S/C19H32N4O/c1-7-21-17(24)19(4,5)13-23-18(20-6)22-12-15(3)16-10-8-9-14(2)11-16/h8-11,15H,7,12-13H2,1-6H3,(H,21,24)(H2,20,22,23). The molecule has 1 unspecified atom stereocenters. The van der Waals surface area contributed by atoms with Gasteiger partial charge < -0.3 is 16.0 Å². The molecule has 1 amide bonds. The average molecular weight is 332 g/mol. The van der Waals surface area contributed by atoms with E-state index in [1.165, 1.54) is 11.1 Å². The van der Waals surface area contributed by atoms with Gasteiger partial charge in [-0.3, -0.25) is 9.79 Å². The molecule has 0 aliphatic carbocycles. The SMILES string of the molecule is CCNC(=O)C(C)(C)CNC(=NC)NCC(C)c1cccc(C)c1. The van der Waals surface area contributed by atoms with Crippen LogP contribution in [0.15, 0.2) is 29.3 Å². The Labute approximate surface area is 146 Å². The summed E-state index contributed by atoms with van der Waals surface area (Å²) in [5.41, 5.74) is 2.08. The molecule has 1 rings (SSSR count). The lowest BCUT2D eigenvalue weighted by molar-refractivity contribution is -0.128. The van der Waals surface area contributed by atoms with Crippen molar-refractivity contribution >= 4 is 11.9 Å². The summed E-state index contributed by atoms with van der Waals surface area (Å²) in [4.78, 5) is 16.3. The third-order valence-electron chi connectivity index (χ3n) is 4.06. The molecule has 0 aliphatic heterocycles. The Kier molecular flexibility index (Phi) is 7.75. The van der Waals surface area contributed by atoms with Crippen LogP contribution in [-0.2, 0) is 4.79 Å². The minimum atomic E-state index is -0.490. The fourth-order valence-corrected chi connectivity index (χ4v) is 2.35. The number of amides is 1. The van der Waals surface area contributed by atoms with Gasteiger partial charge in [0.25, 0.3) is 0 Å². The molecule has 5 nitrogen and oxygen atoms in total. The molecule has 0 saturated carbocycles. The van der Waals surface area contributed by atoms with E-state index < -0.39 is 5.41 Å². The monoisotopic (exact) mass is 332 g/mol. The van der Waals surface area contributed by atoms with Crippen molar-refractivity contribution in [2.75, 3.05) is 26.7 Å². The van der Waals surface area contributed by atoms with E-state index in [1.807, 2.05) is 20.8 Å². The zero-order chi connectivity index (χ0) is 18.2. The summed E-state index contributed by atoms with van der Waals surface area (Å²) in [5, 5.41) is 9.45. The van der Waals surface area contributed by atoms with Crippen LogP contribution in [0.3, 0.4) is 0 Å². The highest BCUT2D eigenvalue weighted by molar-refractivity contribution is 5.84. The smallest absolute Gasteiger partial charge is 0.227 e. The van der Waals surface area contributed by atoms with Crippen LogP contribution >= 0.6 is 0 Å². The van der Waals surface area contributed by atoms with Gasteiger partial charge in [-0.25, -0.2) is 0 Å². The first-order valence-electron chi connectivity index (χ1n) is 8.59. The minimum Gasteiger partial charge on any atom is -0.356 e. The number of aryl methyl sites for hydroxylation is 1. The van der Waals surface area contributed by atoms with E-state index in [2.05, 4.69) is 59.1 Å². The Morgan fingerprint density at radius 2 is 1.96 bits per heavy atom. The van der Waals surface area contributed by atoms with Crippen molar-refractivity contribution < 1.29 is 4.79 Å². The number of carbonyl (C=O) groups is 1. The number of carbonyl (C=O) groups excluding carboxylic acids is 1. The number of rotatable bonds is 7. The summed E-state index contributed by atoms with van der Waals surface area (Å²) in [5.74, 6) is 1.13. The molecule has 0 radical (unpaired) electrons. The van der Waals surface area contributed by atoms with Crippen LogP contribution in [0.2, 0.25) is 0 Å². The lowest BCUT2D eigenvalue weighted by Gasteiger charge is -2.25. The Hall–Kier alpha value is -2.04. The maximum Gasteiger partial charge on any atom is 0.227 e. The van der Waals surface area contributed by atoms with E-state index in [0.29, 0.717) is 25.0 Å². The second-order valence-corrected chi connectivity index (χ2v) is 6.87. The van der Waals surface area contributed by atoms with E-state index in [9.17, 15) is 4.79 Å². The van der Waals surface area contributed by atoms with Crippen molar-refractivity contribution in [1.29, 1.82) is 0 Å². The van der Waals surface area contributed by atoms with Crippen molar-refractivity contribution in [3.05, 3.63) is 35.4 Å². The molecule has 0 fully saturated rings. The number of hydrogen-bond donors (Lipinski definition) is 3. The molecule has 134 valence electrons. The normalized spacial score (nSPS) is 13.3. The molecule has 3 N–H and O–H groups in total. The van der Waals surface area contributed by atoms with Crippen LogP contribution in [0.5, 0.6) is 0 Å². The van der Waals surface area contributed by atoms with Crippen LogP contribution in [0, 0.1) is 12.3 Å². The van der Waals surface area contributed by atoms with E-state index in [4.69, 9.17) is 0 Å². The first-order chi connectivity index (χ1) is 11.3. The number of nitrogens with one attached hydrogen (secondary N) is 3. The van der Waals surface area contributed by atoms with Crippen molar-refractivity contribution in [2.24, 2.45) is 10.4 Å². The summed E-state index contributed by atoms with van der Waals surface area (Å²) < 4.78 is 0. The zero-order valence-corrected chi connectivity index (χ0v) is 15.9. The van der Waals surface area contributed by atoms with Gasteiger partial charge in [0.1, 0.15) is 0 Å². The number of hydrogen-bond acceptors (Lipinski definition) is 2. The predicted octanol–water partition coefficient (Wildman–Crippen LogP) is 2.43. The van der Waals surface area contributed by atoms with Gasteiger partial charge in [-0.1, -0.05) is 36.8 Å². The zero-order valence-electron chi connectivity index (χ0n) is 15.9. The van der Waals surface area contributed by atoms with Crippen molar-refractivity contribution in [3.8, 4) is 0 Å². The Morgan fingerprint density at radius 3 is 2.54 bits per heavy atom. The van der Waals surface area contributed by atoms with Crippen molar-refractivity contribution in [2.45, 2.75) is 40.5 Å². The molecule has 0 bridgehead atoms. The lowest BCUT2D eigenvalue weighted by atomic mass is 9.92. The van der Waals surface area contributed by atoms with Crippen LogP contribution in [-0.4, -0.2) is 38.5 Å². The number of benzene rings is 1. The van der Waals surface area contributed by atoms with Gasteiger partial charge in [-0.15, -0.1) is 0 Å². The first-order valence-corrected chi connectivity index (χ1v) is 8.59. The topological polar surface area (TPSA) is 65.5 Å². The molecule has 1 aromatic carbocycles. The molecule has 0 heterocycles. The van der Waals surface area contributed by atoms with Gasteiger partial charge in [0, 0.05) is 26.7 Å². The Bertz CT molecular complexity index is 566. The van der Waals surface area contributed by atoms with Crippen LogP contribution < -0.4 is 16.0 Å².